The van der Waals surface area contributed by atoms with Crippen LogP contribution in [-0.4, -0.2) is 146 Å². The second-order valence-corrected chi connectivity index (χ2v) is 16.1. The van der Waals surface area contributed by atoms with Gasteiger partial charge in [-0.15, -0.1) is 0 Å². The minimum absolute atomic E-state index is 0.00212. The number of carbonyl (C=O) groups is 4. The Morgan fingerprint density at radius 1 is 0.965 bits per heavy atom. The van der Waals surface area contributed by atoms with Gasteiger partial charge in [-0.05, 0) is 46.0 Å². The van der Waals surface area contributed by atoms with Crippen LogP contribution < -0.4 is 4.90 Å². The Bertz CT molecular complexity index is 1350. The van der Waals surface area contributed by atoms with Gasteiger partial charge in [0.15, 0.2) is 24.8 Å². The van der Waals surface area contributed by atoms with E-state index < -0.39 is 121 Å². The summed E-state index contributed by atoms with van der Waals surface area (Å²) in [5.41, 5.74) is -1.48. The van der Waals surface area contributed by atoms with Gasteiger partial charge >= 0.3 is 17.9 Å². The van der Waals surface area contributed by atoms with E-state index in [2.05, 4.69) is 0 Å². The lowest BCUT2D eigenvalue weighted by atomic mass is 9.82. The maximum Gasteiger partial charge on any atom is 0.309 e. The number of hydrogen-bond donors (Lipinski definition) is 4. The Morgan fingerprint density at radius 2 is 1.63 bits per heavy atom. The van der Waals surface area contributed by atoms with Crippen LogP contribution in [0.1, 0.15) is 93.4 Å². The molecule has 0 aromatic heterocycles. The Labute approximate surface area is 337 Å². The molecule has 57 heavy (non-hydrogen) atoms. The smallest absolute Gasteiger partial charge is 0.309 e. The zero-order valence-electron chi connectivity index (χ0n) is 35.2. The van der Waals surface area contributed by atoms with E-state index >= 15 is 0 Å². The van der Waals surface area contributed by atoms with Crippen molar-refractivity contribution in [1.82, 2.24) is 0 Å². The number of rotatable bonds is 12. The molecule has 16 nitrogen and oxygen atoms in total. The molecule has 326 valence electrons. The topological polar surface area (TPSA) is 207 Å². The highest BCUT2D eigenvalue weighted by molar-refractivity contribution is 5.72. The maximum absolute atomic E-state index is 13.3. The third-order valence-electron chi connectivity index (χ3n) is 11.0. The number of aldehydes is 1. The highest BCUT2D eigenvalue weighted by atomic mass is 16.7. The van der Waals surface area contributed by atoms with E-state index in [-0.39, 0.29) is 32.1 Å². The molecule has 3 aliphatic heterocycles. The predicted molar refractivity (Wildman–Crippen MR) is 204 cm³/mol. The summed E-state index contributed by atoms with van der Waals surface area (Å²) in [4.78, 5) is 51.3. The van der Waals surface area contributed by atoms with Crippen LogP contribution in [0.25, 0.3) is 0 Å². The molecule has 16 atom stereocenters. The van der Waals surface area contributed by atoms with Crippen molar-refractivity contribution in [1.29, 1.82) is 0 Å². The molecule has 3 heterocycles. The van der Waals surface area contributed by atoms with Crippen LogP contribution in [0.3, 0.4) is 0 Å². The normalized spacial score (nSPS) is 41.1. The average molecular weight is 815 g/mol. The van der Waals surface area contributed by atoms with Crippen molar-refractivity contribution in [3.05, 3.63) is 24.3 Å². The first kappa shape index (κ1) is 48.6. The Hall–Kier alpha value is -2.80. The third kappa shape index (κ3) is 13.6. The molecule has 3 rings (SSSR count). The number of quaternary nitrogens is 1. The lowest BCUT2D eigenvalue weighted by Gasteiger charge is -2.49. The van der Waals surface area contributed by atoms with E-state index in [1.54, 1.807) is 59.8 Å². The second-order valence-electron chi connectivity index (χ2n) is 16.1. The highest BCUT2D eigenvalue weighted by Gasteiger charge is 2.54. The molecule has 0 aliphatic carbocycles. The summed E-state index contributed by atoms with van der Waals surface area (Å²) in [6.45, 7) is 11.8. The van der Waals surface area contributed by atoms with Crippen LogP contribution in [0.4, 0.5) is 0 Å². The second kappa shape index (κ2) is 22.5. The third-order valence-corrected chi connectivity index (χ3v) is 11.0. The van der Waals surface area contributed by atoms with Gasteiger partial charge in [-0.25, -0.2) is 0 Å². The van der Waals surface area contributed by atoms with Gasteiger partial charge in [0.1, 0.15) is 42.3 Å². The molecule has 16 heteroatoms. The number of carbonyl (C=O) groups excluding carboxylic acids is 4. The molecule has 3 aliphatic rings. The summed E-state index contributed by atoms with van der Waals surface area (Å²) in [5, 5.41) is 34.5. The number of ether oxygens (including phenoxy) is 8. The molecule has 4 N–H and O–H groups in total. The van der Waals surface area contributed by atoms with Crippen molar-refractivity contribution in [3.8, 4) is 0 Å². The van der Waals surface area contributed by atoms with Gasteiger partial charge in [-0.2, -0.15) is 0 Å². The first-order valence-electron chi connectivity index (χ1n) is 20.3. The average Bonchev–Trinajstić information content (AvgIpc) is 3.13. The monoisotopic (exact) mass is 814 g/mol. The molecular formula is C41H68NO15+. The van der Waals surface area contributed by atoms with Crippen LogP contribution >= 0.6 is 0 Å². The summed E-state index contributed by atoms with van der Waals surface area (Å²) >= 11 is 0. The van der Waals surface area contributed by atoms with Crippen molar-refractivity contribution in [2.24, 2.45) is 11.8 Å². The summed E-state index contributed by atoms with van der Waals surface area (Å²) < 4.78 is 48.6. The fraction of sp³-hybridized carbons (Fsp3) is 0.805. The van der Waals surface area contributed by atoms with Crippen molar-refractivity contribution in [2.75, 3.05) is 21.2 Å². The molecular weight excluding hydrogens is 746 g/mol. The van der Waals surface area contributed by atoms with Gasteiger partial charge in [-0.3, -0.25) is 14.4 Å². The fourth-order valence-electron chi connectivity index (χ4n) is 7.92. The van der Waals surface area contributed by atoms with E-state index in [9.17, 15) is 34.5 Å². The largest absolute Gasteiger partial charge is 0.462 e. The number of nitrogens with one attached hydrogen (secondary N) is 1. The van der Waals surface area contributed by atoms with Crippen molar-refractivity contribution in [3.63, 3.8) is 0 Å². The number of cyclic esters (lactones) is 1. The first-order valence-corrected chi connectivity index (χ1v) is 20.3. The minimum atomic E-state index is -1.48. The molecule has 0 amide bonds. The molecule has 0 aromatic rings. The highest BCUT2D eigenvalue weighted by Crippen LogP contribution is 2.36. The molecule has 0 aromatic carbocycles. The zero-order chi connectivity index (χ0) is 42.6. The molecule has 16 unspecified atom stereocenters. The van der Waals surface area contributed by atoms with Crippen LogP contribution in [0.5, 0.6) is 0 Å². The van der Waals surface area contributed by atoms with Crippen LogP contribution in [0, 0.1) is 11.8 Å². The molecule has 2 saturated heterocycles. The first-order chi connectivity index (χ1) is 26.9. The predicted octanol–water partition coefficient (Wildman–Crippen LogP) is 1.35. The molecule has 0 bridgehead atoms. The summed E-state index contributed by atoms with van der Waals surface area (Å²) in [6.07, 6.45) is -3.87. The lowest BCUT2D eigenvalue weighted by Crippen LogP contribution is -3.14. The van der Waals surface area contributed by atoms with E-state index in [1.165, 1.54) is 7.11 Å². The standard InChI is InChI=1S/C41H67NO15/c1-11-30(45)54-29-21-32(47)51-24(4)16-14-13-15-17-28(44)23(3)20-27(18-19-43)37(38(29)50-10)57-40-35(48)34(42(8)9)36(25(5)53-40)56-33-22-41(7,49)39(26(6)52-33)55-31(46)12-2/h13-15,17,19,23-29,33-40,44,48-49H,11-12,16,18,20-22H2,1-10H3/p+1/b14-13-,17-15+. The number of likely N-dealkylation sites (N-methyl/N-ethyl adjacent to an activating group) is 1. The van der Waals surface area contributed by atoms with Gasteiger partial charge in [0.25, 0.3) is 0 Å². The minimum Gasteiger partial charge on any atom is -0.462 e. The Balaban J connectivity index is 2.01. The van der Waals surface area contributed by atoms with E-state index in [1.807, 2.05) is 27.1 Å². The van der Waals surface area contributed by atoms with E-state index in [0.29, 0.717) is 6.42 Å². The van der Waals surface area contributed by atoms with Crippen molar-refractivity contribution >= 4 is 24.2 Å². The number of aliphatic hydroxyl groups excluding tert-OH is 2. The van der Waals surface area contributed by atoms with Gasteiger partial charge < -0.3 is 62.9 Å². The Morgan fingerprint density at radius 3 is 2.23 bits per heavy atom. The molecule has 0 spiro atoms. The van der Waals surface area contributed by atoms with Crippen LogP contribution in [-0.2, 0) is 57.1 Å². The van der Waals surface area contributed by atoms with Gasteiger partial charge in [-0.1, -0.05) is 45.1 Å². The zero-order valence-corrected chi connectivity index (χ0v) is 35.2. The van der Waals surface area contributed by atoms with Crippen molar-refractivity contribution in [2.45, 2.75) is 179 Å². The summed E-state index contributed by atoms with van der Waals surface area (Å²) in [5.74, 6) is -2.80. The fourth-order valence-corrected chi connectivity index (χ4v) is 7.92. The number of aliphatic hydroxyl groups is 3. The SMILES string of the molecule is CCC(=O)OC1CC(=O)OC(C)C/C=C\C=C\C(O)C(C)CC(CC=O)C(OC2OC(C)C(OC3CC(C)(O)C(OC(=O)CC)C(C)O3)C([NH+](C)C)C2O)C1OC. The Kier molecular flexibility index (Phi) is 19.2. The number of esters is 3. The van der Waals surface area contributed by atoms with Gasteiger partial charge in [0.05, 0.1) is 44.9 Å². The maximum atomic E-state index is 13.3. The summed E-state index contributed by atoms with van der Waals surface area (Å²) in [7, 11) is 5.03. The van der Waals surface area contributed by atoms with Crippen molar-refractivity contribution < 1.29 is 77.3 Å². The number of allylic oxidation sites excluding steroid dienone is 2. The quantitative estimate of drug-likeness (QED) is 0.125. The molecule has 2 fully saturated rings. The van der Waals surface area contributed by atoms with Gasteiger partial charge in [0, 0.05) is 39.2 Å². The molecule has 0 saturated carbocycles. The van der Waals surface area contributed by atoms with Gasteiger partial charge in [0.2, 0.25) is 0 Å². The van der Waals surface area contributed by atoms with Crippen LogP contribution in [0.15, 0.2) is 24.3 Å². The van der Waals surface area contributed by atoms with E-state index in [0.717, 1.165) is 11.2 Å². The van der Waals surface area contributed by atoms with E-state index in [4.69, 9.17) is 37.9 Å². The molecule has 0 radical (unpaired) electrons. The number of hydrogen-bond acceptors (Lipinski definition) is 15. The summed E-state index contributed by atoms with van der Waals surface area (Å²) in [6, 6.07) is -0.695. The lowest BCUT2D eigenvalue weighted by molar-refractivity contribution is -0.898. The number of methoxy groups -OCH3 is 1. The van der Waals surface area contributed by atoms with Crippen LogP contribution in [0.2, 0.25) is 0 Å².